The molecule has 1 aromatic carbocycles. The second-order valence-electron chi connectivity index (χ2n) is 3.33. The van der Waals surface area contributed by atoms with E-state index >= 15 is 0 Å². The van der Waals surface area contributed by atoms with Gasteiger partial charge in [-0.2, -0.15) is 0 Å². The highest BCUT2D eigenvalue weighted by Gasteiger charge is 2.15. The maximum Gasteiger partial charge on any atom is 0.305 e. The number of aliphatic carboxylic acids is 1. The number of benzene rings is 1. The Morgan fingerprint density at radius 2 is 2.00 bits per heavy atom. The van der Waals surface area contributed by atoms with Crippen LogP contribution in [0.1, 0.15) is 23.6 Å². The molecule has 15 heavy (non-hydrogen) atoms. The number of carboxylic acid groups (broad SMARTS) is 1. The van der Waals surface area contributed by atoms with Crippen molar-refractivity contribution in [2.24, 2.45) is 5.73 Å². The molecule has 0 fully saturated rings. The predicted octanol–water partition coefficient (Wildman–Crippen LogP) is 1.75. The minimum atomic E-state index is -1.08. The molecule has 0 saturated heterocycles. The number of halogens is 2. The largest absolute Gasteiger partial charge is 0.481 e. The first-order chi connectivity index (χ1) is 6.91. The third-order valence-electron chi connectivity index (χ3n) is 2.10. The Hall–Kier alpha value is -1.49. The van der Waals surface area contributed by atoms with Gasteiger partial charge in [-0.25, -0.2) is 8.78 Å². The Labute approximate surface area is 85.5 Å². The highest BCUT2D eigenvalue weighted by molar-refractivity contribution is 5.68. The van der Waals surface area contributed by atoms with Gasteiger partial charge in [0.2, 0.25) is 0 Å². The van der Waals surface area contributed by atoms with Gasteiger partial charge in [-0.15, -0.1) is 0 Å². The van der Waals surface area contributed by atoms with Gasteiger partial charge in [0.25, 0.3) is 0 Å². The second-order valence-corrected chi connectivity index (χ2v) is 3.33. The topological polar surface area (TPSA) is 63.3 Å². The maximum absolute atomic E-state index is 12.9. The molecule has 0 aliphatic heterocycles. The Balaban J connectivity index is 3.03. The molecule has 0 aromatic heterocycles. The van der Waals surface area contributed by atoms with Crippen LogP contribution < -0.4 is 5.73 Å². The molecule has 0 aliphatic carbocycles. The lowest BCUT2D eigenvalue weighted by atomic mass is 9.99. The molecule has 0 aliphatic rings. The second kappa shape index (κ2) is 4.35. The fourth-order valence-electron chi connectivity index (χ4n) is 1.36. The zero-order chi connectivity index (χ0) is 11.6. The van der Waals surface area contributed by atoms with Gasteiger partial charge in [-0.3, -0.25) is 4.79 Å². The molecule has 0 spiro atoms. The van der Waals surface area contributed by atoms with Gasteiger partial charge in [-0.1, -0.05) is 0 Å². The van der Waals surface area contributed by atoms with Gasteiger partial charge in [0.05, 0.1) is 6.42 Å². The molecule has 0 amide bonds. The monoisotopic (exact) mass is 215 g/mol. The van der Waals surface area contributed by atoms with Gasteiger partial charge in [-0.05, 0) is 30.2 Å². The molecule has 82 valence electrons. The van der Waals surface area contributed by atoms with Crippen molar-refractivity contribution in [3.05, 3.63) is 34.9 Å². The summed E-state index contributed by atoms with van der Waals surface area (Å²) in [6.45, 7) is 1.56. The van der Waals surface area contributed by atoms with Gasteiger partial charge < -0.3 is 10.8 Å². The first-order valence-corrected chi connectivity index (χ1v) is 4.34. The lowest BCUT2D eigenvalue weighted by Gasteiger charge is -2.12. The van der Waals surface area contributed by atoms with E-state index in [9.17, 15) is 13.6 Å². The summed E-state index contributed by atoms with van der Waals surface area (Å²) in [7, 11) is 0. The van der Waals surface area contributed by atoms with Crippen LogP contribution >= 0.6 is 0 Å². The van der Waals surface area contributed by atoms with Crippen LogP contribution in [-0.2, 0) is 4.79 Å². The van der Waals surface area contributed by atoms with Crippen molar-refractivity contribution >= 4 is 5.97 Å². The summed E-state index contributed by atoms with van der Waals surface area (Å²) < 4.78 is 25.6. The van der Waals surface area contributed by atoms with Crippen molar-refractivity contribution in [3.8, 4) is 0 Å². The SMILES string of the molecule is Cc1cc(F)c(F)cc1C(N)CC(=O)O. The highest BCUT2D eigenvalue weighted by Crippen LogP contribution is 2.21. The summed E-state index contributed by atoms with van der Waals surface area (Å²) in [5, 5.41) is 8.51. The van der Waals surface area contributed by atoms with Crippen LogP contribution in [-0.4, -0.2) is 11.1 Å². The number of carbonyl (C=O) groups is 1. The summed E-state index contributed by atoms with van der Waals surface area (Å²) in [6.07, 6.45) is -0.314. The van der Waals surface area contributed by atoms with E-state index in [0.717, 1.165) is 12.1 Å². The zero-order valence-electron chi connectivity index (χ0n) is 8.13. The van der Waals surface area contributed by atoms with Crippen molar-refractivity contribution in [1.29, 1.82) is 0 Å². The van der Waals surface area contributed by atoms with E-state index in [1.165, 1.54) is 0 Å². The quantitative estimate of drug-likeness (QED) is 0.807. The fourth-order valence-corrected chi connectivity index (χ4v) is 1.36. The Kier molecular flexibility index (Phi) is 3.36. The lowest BCUT2D eigenvalue weighted by Crippen LogP contribution is -2.16. The fraction of sp³-hybridized carbons (Fsp3) is 0.300. The summed E-state index contributed by atoms with van der Waals surface area (Å²) in [4.78, 5) is 10.4. The molecular weight excluding hydrogens is 204 g/mol. The van der Waals surface area contributed by atoms with Crippen molar-refractivity contribution in [3.63, 3.8) is 0 Å². The third-order valence-corrected chi connectivity index (χ3v) is 2.10. The average Bonchev–Trinajstić information content (AvgIpc) is 2.09. The number of nitrogens with two attached hydrogens (primary N) is 1. The molecule has 1 unspecified atom stereocenters. The molecule has 5 heteroatoms. The normalized spacial score (nSPS) is 12.5. The number of hydrogen-bond acceptors (Lipinski definition) is 2. The third kappa shape index (κ3) is 2.73. The molecule has 1 rings (SSSR count). The summed E-state index contributed by atoms with van der Waals surface area (Å²) >= 11 is 0. The van der Waals surface area contributed by atoms with Gasteiger partial charge in [0, 0.05) is 6.04 Å². The van der Waals surface area contributed by atoms with E-state index in [2.05, 4.69) is 0 Å². The summed E-state index contributed by atoms with van der Waals surface area (Å²) in [5.41, 5.74) is 6.31. The van der Waals surface area contributed by atoms with E-state index in [4.69, 9.17) is 10.8 Å². The molecule has 0 saturated carbocycles. The van der Waals surface area contributed by atoms with Crippen molar-refractivity contribution in [2.45, 2.75) is 19.4 Å². The Morgan fingerprint density at radius 3 is 2.53 bits per heavy atom. The summed E-state index contributed by atoms with van der Waals surface area (Å²) in [6, 6.07) is 1.13. The molecule has 0 heterocycles. The van der Waals surface area contributed by atoms with E-state index < -0.39 is 23.6 Å². The molecule has 3 nitrogen and oxygen atoms in total. The smallest absolute Gasteiger partial charge is 0.305 e. The Morgan fingerprint density at radius 1 is 1.47 bits per heavy atom. The predicted molar refractivity (Wildman–Crippen MR) is 50.3 cm³/mol. The van der Waals surface area contributed by atoms with E-state index in [1.54, 1.807) is 6.92 Å². The molecule has 1 aromatic rings. The molecule has 3 N–H and O–H groups in total. The maximum atomic E-state index is 12.9. The highest BCUT2D eigenvalue weighted by atomic mass is 19.2. The number of aryl methyl sites for hydroxylation is 1. The molecule has 1 atom stereocenters. The number of carboxylic acids is 1. The van der Waals surface area contributed by atoms with Crippen molar-refractivity contribution in [1.82, 2.24) is 0 Å². The number of rotatable bonds is 3. The van der Waals surface area contributed by atoms with Crippen LogP contribution in [0, 0.1) is 18.6 Å². The van der Waals surface area contributed by atoms with Crippen molar-refractivity contribution in [2.75, 3.05) is 0 Å². The summed E-state index contributed by atoms with van der Waals surface area (Å²) in [5.74, 6) is -3.05. The molecule has 0 radical (unpaired) electrons. The van der Waals surface area contributed by atoms with Crippen molar-refractivity contribution < 1.29 is 18.7 Å². The van der Waals surface area contributed by atoms with Gasteiger partial charge in [0.15, 0.2) is 11.6 Å². The van der Waals surface area contributed by atoms with E-state index in [-0.39, 0.29) is 6.42 Å². The lowest BCUT2D eigenvalue weighted by molar-refractivity contribution is -0.137. The number of hydrogen-bond donors (Lipinski definition) is 2. The average molecular weight is 215 g/mol. The first-order valence-electron chi connectivity index (χ1n) is 4.34. The zero-order valence-corrected chi connectivity index (χ0v) is 8.13. The molecular formula is C10H11F2NO2. The van der Waals surface area contributed by atoms with Crippen LogP contribution in [0.15, 0.2) is 12.1 Å². The first kappa shape index (κ1) is 11.6. The minimum Gasteiger partial charge on any atom is -0.481 e. The van der Waals surface area contributed by atoms with Crippen LogP contribution in [0.4, 0.5) is 8.78 Å². The van der Waals surface area contributed by atoms with Crippen LogP contribution in [0.25, 0.3) is 0 Å². The van der Waals surface area contributed by atoms with E-state index in [0.29, 0.717) is 11.1 Å². The van der Waals surface area contributed by atoms with Gasteiger partial charge >= 0.3 is 5.97 Å². The standard InChI is InChI=1S/C10H11F2NO2/c1-5-2-7(11)8(12)3-6(5)9(13)4-10(14)15/h2-3,9H,4,13H2,1H3,(H,14,15). The van der Waals surface area contributed by atoms with Gasteiger partial charge in [0.1, 0.15) is 0 Å². The minimum absolute atomic E-state index is 0.314. The van der Waals surface area contributed by atoms with Crippen LogP contribution in [0.2, 0.25) is 0 Å². The van der Waals surface area contributed by atoms with Crippen LogP contribution in [0.5, 0.6) is 0 Å². The van der Waals surface area contributed by atoms with E-state index in [1.807, 2.05) is 0 Å². The molecule has 0 bridgehead atoms. The Bertz CT molecular complexity index is 393. The van der Waals surface area contributed by atoms with Crippen LogP contribution in [0.3, 0.4) is 0 Å².